The Morgan fingerprint density at radius 2 is 1.61 bits per heavy atom. The topological polar surface area (TPSA) is 65.2 Å². The number of carbonyl (C=O) groups is 1. The first-order valence-corrected chi connectivity index (χ1v) is 11.4. The fourth-order valence-corrected chi connectivity index (χ4v) is 4.54. The van der Waals surface area contributed by atoms with Gasteiger partial charge in [-0.1, -0.05) is 38.1 Å². The minimum Gasteiger partial charge on any atom is -0.352 e. The molecule has 162 valence electrons. The number of para-hydroxylation sites is 3. The number of nitrogens with zero attached hydrogens (tertiary/aromatic N) is 4. The van der Waals surface area contributed by atoms with Crippen molar-refractivity contribution in [2.45, 2.75) is 38.8 Å². The smallest absolute Gasteiger partial charge is 0.239 e. The van der Waals surface area contributed by atoms with Crippen LogP contribution in [-0.4, -0.2) is 59.8 Å². The van der Waals surface area contributed by atoms with Crippen LogP contribution in [0.25, 0.3) is 0 Å². The fourth-order valence-electron chi connectivity index (χ4n) is 4.54. The van der Waals surface area contributed by atoms with Crippen molar-refractivity contribution in [1.29, 1.82) is 0 Å². The molecule has 0 bridgehead atoms. The van der Waals surface area contributed by atoms with Gasteiger partial charge in [0.05, 0.1) is 23.1 Å². The molecule has 1 amide bonds. The lowest BCUT2D eigenvalue weighted by Gasteiger charge is -2.38. The Morgan fingerprint density at radius 3 is 2.29 bits per heavy atom. The van der Waals surface area contributed by atoms with Crippen LogP contribution in [0.15, 0.2) is 53.5 Å². The summed E-state index contributed by atoms with van der Waals surface area (Å²) in [6.45, 7) is 6.87. The third kappa shape index (κ3) is 3.69. The molecule has 2 heterocycles. The van der Waals surface area contributed by atoms with Crippen LogP contribution in [0.4, 0.5) is 17.1 Å². The average Bonchev–Trinajstić information content (AvgIpc) is 3.64. The van der Waals surface area contributed by atoms with E-state index < -0.39 is 6.04 Å². The molecule has 1 saturated carbocycles. The Hall–Kier alpha value is -2.86. The molecule has 1 atom stereocenters. The maximum absolute atomic E-state index is 12.7. The number of amidine groups is 1. The van der Waals surface area contributed by atoms with Crippen LogP contribution in [0.2, 0.25) is 0 Å². The predicted octanol–water partition coefficient (Wildman–Crippen LogP) is 3.51. The highest BCUT2D eigenvalue weighted by atomic mass is 16.2. The summed E-state index contributed by atoms with van der Waals surface area (Å²) in [5.41, 5.74) is 10.7. The second kappa shape index (κ2) is 8.00. The van der Waals surface area contributed by atoms with Crippen molar-refractivity contribution in [3.05, 3.63) is 54.1 Å². The van der Waals surface area contributed by atoms with E-state index in [4.69, 9.17) is 10.7 Å². The standard InChI is InChI=1S/C25H31N5O/c1-17(2)23(26)25(31)29-15-13-28(14-16-29)24-19-7-3-5-9-21(19)30(18-11-12-18)22-10-6-4-8-20(22)27-24/h3-10,17-18,23H,11-16,26H2,1-2H3. The Labute approximate surface area is 184 Å². The van der Waals surface area contributed by atoms with Gasteiger partial charge in [0.15, 0.2) is 0 Å². The number of aliphatic imine (C=N–C) groups is 1. The van der Waals surface area contributed by atoms with E-state index in [1.54, 1.807) is 0 Å². The van der Waals surface area contributed by atoms with Gasteiger partial charge in [0.1, 0.15) is 5.84 Å². The molecule has 2 N–H and O–H groups in total. The van der Waals surface area contributed by atoms with Gasteiger partial charge in [0.25, 0.3) is 0 Å². The van der Waals surface area contributed by atoms with Crippen molar-refractivity contribution in [1.82, 2.24) is 9.80 Å². The molecule has 6 nitrogen and oxygen atoms in total. The van der Waals surface area contributed by atoms with Crippen LogP contribution in [-0.2, 0) is 4.79 Å². The van der Waals surface area contributed by atoms with E-state index in [1.807, 2.05) is 18.7 Å². The monoisotopic (exact) mass is 417 g/mol. The van der Waals surface area contributed by atoms with Gasteiger partial charge in [-0.15, -0.1) is 0 Å². The van der Waals surface area contributed by atoms with Crippen molar-refractivity contribution in [3.63, 3.8) is 0 Å². The molecule has 2 aromatic rings. The normalized spacial score (nSPS) is 19.5. The number of hydrogen-bond acceptors (Lipinski definition) is 5. The third-order valence-electron chi connectivity index (χ3n) is 6.58. The molecule has 5 rings (SSSR count). The van der Waals surface area contributed by atoms with Gasteiger partial charge in [0.2, 0.25) is 5.91 Å². The summed E-state index contributed by atoms with van der Waals surface area (Å²) in [6, 6.07) is 17.2. The number of amides is 1. The zero-order chi connectivity index (χ0) is 21.5. The number of carbonyl (C=O) groups excluding carboxylic acids is 1. The third-order valence-corrected chi connectivity index (χ3v) is 6.58. The number of benzene rings is 2. The van der Waals surface area contributed by atoms with Crippen LogP contribution in [0.1, 0.15) is 32.3 Å². The van der Waals surface area contributed by atoms with E-state index in [0.717, 1.165) is 24.6 Å². The van der Waals surface area contributed by atoms with E-state index in [9.17, 15) is 4.79 Å². The second-order valence-corrected chi connectivity index (χ2v) is 9.12. The highest BCUT2D eigenvalue weighted by Gasteiger charge is 2.36. The molecule has 0 spiro atoms. The highest BCUT2D eigenvalue weighted by molar-refractivity contribution is 6.08. The van der Waals surface area contributed by atoms with E-state index in [-0.39, 0.29) is 11.8 Å². The van der Waals surface area contributed by atoms with Gasteiger partial charge in [-0.3, -0.25) is 4.79 Å². The number of anilines is 2. The molecular weight excluding hydrogens is 386 g/mol. The van der Waals surface area contributed by atoms with Crippen LogP contribution < -0.4 is 10.6 Å². The molecule has 1 saturated heterocycles. The van der Waals surface area contributed by atoms with Gasteiger partial charge in [-0.25, -0.2) is 4.99 Å². The average molecular weight is 418 g/mol. The molecule has 3 aliphatic rings. The van der Waals surface area contributed by atoms with Crippen molar-refractivity contribution < 1.29 is 4.79 Å². The lowest BCUT2D eigenvalue weighted by atomic mass is 10.0. The summed E-state index contributed by atoms with van der Waals surface area (Å²) in [5, 5.41) is 0. The summed E-state index contributed by atoms with van der Waals surface area (Å²) < 4.78 is 0. The Balaban J connectivity index is 1.46. The minimum atomic E-state index is -0.429. The van der Waals surface area contributed by atoms with Crippen LogP contribution in [0.5, 0.6) is 0 Å². The zero-order valence-electron chi connectivity index (χ0n) is 18.4. The van der Waals surface area contributed by atoms with E-state index in [1.165, 1.54) is 29.8 Å². The van der Waals surface area contributed by atoms with Gasteiger partial charge >= 0.3 is 0 Å². The van der Waals surface area contributed by atoms with Gasteiger partial charge in [0, 0.05) is 37.8 Å². The molecular formula is C25H31N5O. The van der Waals surface area contributed by atoms with E-state index >= 15 is 0 Å². The molecule has 1 unspecified atom stereocenters. The Bertz CT molecular complexity index is 1000. The predicted molar refractivity (Wildman–Crippen MR) is 125 cm³/mol. The van der Waals surface area contributed by atoms with Crippen molar-refractivity contribution >= 4 is 28.8 Å². The lowest BCUT2D eigenvalue weighted by molar-refractivity contribution is -0.134. The summed E-state index contributed by atoms with van der Waals surface area (Å²) in [6.07, 6.45) is 2.43. The Kier molecular flexibility index (Phi) is 5.18. The molecule has 2 aromatic carbocycles. The Morgan fingerprint density at radius 1 is 0.968 bits per heavy atom. The first-order chi connectivity index (χ1) is 15.0. The number of nitrogens with two attached hydrogens (primary N) is 1. The molecule has 1 aliphatic carbocycles. The maximum atomic E-state index is 12.7. The first-order valence-electron chi connectivity index (χ1n) is 11.4. The minimum absolute atomic E-state index is 0.0584. The largest absolute Gasteiger partial charge is 0.352 e. The number of piperazine rings is 1. The molecule has 0 aromatic heterocycles. The van der Waals surface area contributed by atoms with Gasteiger partial charge < -0.3 is 20.4 Å². The molecule has 2 aliphatic heterocycles. The fraction of sp³-hybridized carbons (Fsp3) is 0.440. The molecule has 31 heavy (non-hydrogen) atoms. The first kappa shape index (κ1) is 20.1. The maximum Gasteiger partial charge on any atom is 0.239 e. The summed E-state index contributed by atoms with van der Waals surface area (Å²) >= 11 is 0. The summed E-state index contributed by atoms with van der Waals surface area (Å²) in [4.78, 5) is 24.6. The van der Waals surface area contributed by atoms with Crippen LogP contribution in [0, 0.1) is 5.92 Å². The summed E-state index contributed by atoms with van der Waals surface area (Å²) in [5.74, 6) is 1.21. The summed E-state index contributed by atoms with van der Waals surface area (Å²) in [7, 11) is 0. The highest BCUT2D eigenvalue weighted by Crippen LogP contribution is 2.46. The van der Waals surface area contributed by atoms with Crippen molar-refractivity contribution in [2.75, 3.05) is 31.1 Å². The molecule has 2 fully saturated rings. The van der Waals surface area contributed by atoms with Crippen LogP contribution in [0.3, 0.4) is 0 Å². The zero-order valence-corrected chi connectivity index (χ0v) is 18.4. The molecule has 0 radical (unpaired) electrons. The van der Waals surface area contributed by atoms with Crippen LogP contribution >= 0.6 is 0 Å². The number of hydrogen-bond donors (Lipinski definition) is 1. The SMILES string of the molecule is CC(C)C(N)C(=O)N1CCN(C2=Nc3ccccc3N(C3CC3)c3ccccc32)CC1. The van der Waals surface area contributed by atoms with Gasteiger partial charge in [-0.05, 0) is 43.0 Å². The number of rotatable bonds is 3. The van der Waals surface area contributed by atoms with E-state index in [0.29, 0.717) is 19.1 Å². The second-order valence-electron chi connectivity index (χ2n) is 9.12. The molecule has 6 heteroatoms. The van der Waals surface area contributed by atoms with Gasteiger partial charge in [-0.2, -0.15) is 0 Å². The van der Waals surface area contributed by atoms with Crippen molar-refractivity contribution in [3.8, 4) is 0 Å². The lowest BCUT2D eigenvalue weighted by Crippen LogP contribution is -2.55. The van der Waals surface area contributed by atoms with Crippen molar-refractivity contribution in [2.24, 2.45) is 16.6 Å². The van der Waals surface area contributed by atoms with E-state index in [2.05, 4.69) is 58.3 Å². The quantitative estimate of drug-likeness (QED) is 0.830. The number of fused-ring (bicyclic) bond motifs is 2.